The van der Waals surface area contributed by atoms with Crippen molar-refractivity contribution in [2.24, 2.45) is 0 Å². The number of aromatic nitrogens is 2. The molecule has 1 unspecified atom stereocenters. The van der Waals surface area contributed by atoms with Crippen LogP contribution in [-0.2, 0) is 22.8 Å². The maximum Gasteiger partial charge on any atom is 0.149 e. The van der Waals surface area contributed by atoms with Gasteiger partial charge in [-0.05, 0) is 25.8 Å². The first-order valence-electron chi connectivity index (χ1n) is 6.97. The van der Waals surface area contributed by atoms with E-state index in [-0.39, 0.29) is 5.75 Å². The summed E-state index contributed by atoms with van der Waals surface area (Å²) in [7, 11) is -2.94. The Bertz CT molecular complexity index is 522. The van der Waals surface area contributed by atoms with Gasteiger partial charge in [-0.2, -0.15) is 5.10 Å². The smallest absolute Gasteiger partial charge is 0.149 e. The predicted molar refractivity (Wildman–Crippen MR) is 75.9 cm³/mol. The van der Waals surface area contributed by atoms with E-state index in [1.807, 2.05) is 10.9 Å². The van der Waals surface area contributed by atoms with Gasteiger partial charge in [0.25, 0.3) is 0 Å². The van der Waals surface area contributed by atoms with Gasteiger partial charge in [-0.25, -0.2) is 8.42 Å². The lowest BCUT2D eigenvalue weighted by molar-refractivity contribution is 0.503. The third-order valence-electron chi connectivity index (χ3n) is 3.64. The zero-order valence-electron chi connectivity index (χ0n) is 11.7. The summed E-state index contributed by atoms with van der Waals surface area (Å²) in [4.78, 5) is 0. The largest absolute Gasteiger partial charge is 0.310 e. The Balaban J connectivity index is 2.19. The van der Waals surface area contributed by atoms with Gasteiger partial charge in [0.05, 0.1) is 18.5 Å². The molecule has 108 valence electrons. The van der Waals surface area contributed by atoms with E-state index in [0.717, 1.165) is 25.8 Å². The van der Waals surface area contributed by atoms with E-state index in [4.69, 9.17) is 0 Å². The Morgan fingerprint density at radius 2 is 2.26 bits per heavy atom. The highest BCUT2D eigenvalue weighted by Crippen LogP contribution is 2.28. The second kappa shape index (κ2) is 6.05. The summed E-state index contributed by atoms with van der Waals surface area (Å²) in [5.41, 5.74) is 2.47. The molecule has 1 aromatic heterocycles. The van der Waals surface area contributed by atoms with Crippen molar-refractivity contribution in [3.63, 3.8) is 0 Å². The lowest BCUT2D eigenvalue weighted by atomic mass is 10.1. The minimum Gasteiger partial charge on any atom is -0.310 e. The average Bonchev–Trinajstić information content (AvgIpc) is 2.63. The maximum atomic E-state index is 11.3. The predicted octanol–water partition coefficient (Wildman–Crippen LogP) is 1.30. The third-order valence-corrected chi connectivity index (χ3v) is 4.56. The molecule has 0 bridgehead atoms. The second-order valence-electron chi connectivity index (χ2n) is 5.26. The van der Waals surface area contributed by atoms with Crippen LogP contribution < -0.4 is 5.32 Å². The van der Waals surface area contributed by atoms with E-state index < -0.39 is 9.84 Å². The lowest BCUT2D eigenvalue weighted by Crippen LogP contribution is -2.21. The molecule has 1 aliphatic rings. The number of hydrogen-bond acceptors (Lipinski definition) is 4. The third kappa shape index (κ3) is 3.79. The normalized spacial score (nSPS) is 20.0. The van der Waals surface area contributed by atoms with Crippen LogP contribution >= 0.6 is 0 Å². The lowest BCUT2D eigenvalue weighted by Gasteiger charge is -2.15. The van der Waals surface area contributed by atoms with Crippen LogP contribution in [0.15, 0.2) is 6.20 Å². The zero-order chi connectivity index (χ0) is 13.9. The molecule has 0 saturated carbocycles. The molecule has 1 aliphatic carbocycles. The first kappa shape index (κ1) is 14.5. The number of nitrogens with zero attached hydrogens (tertiary/aromatic N) is 2. The van der Waals surface area contributed by atoms with E-state index in [1.165, 1.54) is 23.9 Å². The number of hydrogen-bond donors (Lipinski definition) is 1. The van der Waals surface area contributed by atoms with E-state index in [1.54, 1.807) is 0 Å². The highest BCUT2D eigenvalue weighted by molar-refractivity contribution is 7.90. The molecule has 0 amide bonds. The fourth-order valence-electron chi connectivity index (χ4n) is 2.69. The first-order valence-corrected chi connectivity index (χ1v) is 9.03. The van der Waals surface area contributed by atoms with E-state index in [2.05, 4.69) is 17.3 Å². The first-order chi connectivity index (χ1) is 9.01. The number of fused-ring (bicyclic) bond motifs is 1. The van der Waals surface area contributed by atoms with Crippen molar-refractivity contribution in [3.8, 4) is 0 Å². The minimum atomic E-state index is -2.94. The number of sulfone groups is 1. The summed E-state index contributed by atoms with van der Waals surface area (Å²) < 4.78 is 24.4. The molecule has 1 aromatic rings. The summed E-state index contributed by atoms with van der Waals surface area (Å²) in [5, 5.41) is 7.88. The Morgan fingerprint density at radius 3 is 2.95 bits per heavy atom. The van der Waals surface area contributed by atoms with E-state index in [0.29, 0.717) is 12.6 Å². The van der Waals surface area contributed by atoms with E-state index >= 15 is 0 Å². The van der Waals surface area contributed by atoms with Crippen molar-refractivity contribution < 1.29 is 8.42 Å². The van der Waals surface area contributed by atoms with Crippen LogP contribution in [-0.4, -0.2) is 36.8 Å². The fraction of sp³-hybridized carbons (Fsp3) is 0.769. The highest BCUT2D eigenvalue weighted by atomic mass is 32.2. The molecule has 0 aliphatic heterocycles. The Labute approximate surface area is 115 Å². The van der Waals surface area contributed by atoms with Gasteiger partial charge in [0.2, 0.25) is 0 Å². The molecule has 1 N–H and O–H groups in total. The van der Waals surface area contributed by atoms with Crippen LogP contribution in [0, 0.1) is 0 Å². The van der Waals surface area contributed by atoms with Crippen LogP contribution in [0.5, 0.6) is 0 Å². The molecular formula is C13H23N3O2S. The molecular weight excluding hydrogens is 262 g/mol. The molecule has 0 radical (unpaired) electrons. The Morgan fingerprint density at radius 1 is 1.47 bits per heavy atom. The van der Waals surface area contributed by atoms with Crippen LogP contribution in [0.4, 0.5) is 0 Å². The van der Waals surface area contributed by atoms with Crippen molar-refractivity contribution in [1.82, 2.24) is 15.1 Å². The van der Waals surface area contributed by atoms with Gasteiger partial charge in [-0.1, -0.05) is 13.3 Å². The molecule has 19 heavy (non-hydrogen) atoms. The Kier molecular flexibility index (Phi) is 4.62. The van der Waals surface area contributed by atoms with Crippen LogP contribution in [0.1, 0.15) is 43.5 Å². The summed E-state index contributed by atoms with van der Waals surface area (Å²) in [6.07, 6.45) is 7.68. The summed E-state index contributed by atoms with van der Waals surface area (Å²) in [5.74, 6) is 0.160. The monoisotopic (exact) mass is 285 g/mol. The molecule has 1 heterocycles. The zero-order valence-corrected chi connectivity index (χ0v) is 12.5. The number of aryl methyl sites for hydroxylation is 1. The van der Waals surface area contributed by atoms with Gasteiger partial charge in [0.1, 0.15) is 9.84 Å². The topological polar surface area (TPSA) is 64.0 Å². The molecule has 0 spiro atoms. The van der Waals surface area contributed by atoms with Crippen molar-refractivity contribution >= 4 is 9.84 Å². The van der Waals surface area contributed by atoms with Crippen molar-refractivity contribution in [3.05, 3.63) is 17.5 Å². The van der Waals surface area contributed by atoms with Gasteiger partial charge < -0.3 is 5.32 Å². The number of rotatable bonds is 5. The standard InChI is InChI=1S/C13H23N3O2S/c1-3-14-12-6-4-5-7-13-11(12)10-15-16(13)8-9-19(2,17)18/h10,12,14H,3-9H2,1-2H3. The fourth-order valence-corrected chi connectivity index (χ4v) is 3.19. The SMILES string of the molecule is CCNC1CCCCc2c1cnn2CCS(C)(=O)=O. The average molecular weight is 285 g/mol. The number of nitrogens with one attached hydrogen (secondary N) is 1. The summed E-state index contributed by atoms with van der Waals surface area (Å²) in [6.45, 7) is 3.52. The molecule has 6 heteroatoms. The maximum absolute atomic E-state index is 11.3. The van der Waals surface area contributed by atoms with Crippen molar-refractivity contribution in [2.45, 2.75) is 45.2 Å². The van der Waals surface area contributed by atoms with Crippen LogP contribution in [0.2, 0.25) is 0 Å². The molecule has 5 nitrogen and oxygen atoms in total. The Hall–Kier alpha value is -0.880. The van der Waals surface area contributed by atoms with Crippen molar-refractivity contribution in [1.29, 1.82) is 0 Å². The molecule has 1 atom stereocenters. The molecule has 0 saturated heterocycles. The van der Waals surface area contributed by atoms with Gasteiger partial charge in [-0.15, -0.1) is 0 Å². The molecule has 0 fully saturated rings. The summed E-state index contributed by atoms with van der Waals surface area (Å²) in [6, 6.07) is 0.370. The van der Waals surface area contributed by atoms with Crippen LogP contribution in [0.25, 0.3) is 0 Å². The van der Waals surface area contributed by atoms with Gasteiger partial charge >= 0.3 is 0 Å². The van der Waals surface area contributed by atoms with Gasteiger partial charge in [0.15, 0.2) is 0 Å². The quantitative estimate of drug-likeness (QED) is 0.828. The summed E-state index contributed by atoms with van der Waals surface area (Å²) >= 11 is 0. The van der Waals surface area contributed by atoms with Gasteiger partial charge in [-0.3, -0.25) is 4.68 Å². The minimum absolute atomic E-state index is 0.160. The van der Waals surface area contributed by atoms with Crippen molar-refractivity contribution in [2.75, 3.05) is 18.6 Å². The van der Waals surface area contributed by atoms with Crippen LogP contribution in [0.3, 0.4) is 0 Å². The van der Waals surface area contributed by atoms with Gasteiger partial charge in [0, 0.05) is 23.6 Å². The highest BCUT2D eigenvalue weighted by Gasteiger charge is 2.22. The molecule has 0 aromatic carbocycles. The molecule has 2 rings (SSSR count). The van der Waals surface area contributed by atoms with E-state index in [9.17, 15) is 8.42 Å². The second-order valence-corrected chi connectivity index (χ2v) is 7.52.